The average molecular weight is 313 g/mol. The summed E-state index contributed by atoms with van der Waals surface area (Å²) in [6, 6.07) is 19.0. The van der Waals surface area contributed by atoms with E-state index >= 15 is 0 Å². The van der Waals surface area contributed by atoms with Gasteiger partial charge in [0.1, 0.15) is 12.9 Å². The van der Waals surface area contributed by atoms with Crippen LogP contribution in [0.5, 0.6) is 0 Å². The highest BCUT2D eigenvalue weighted by molar-refractivity contribution is 7.64. The SMILES string of the molecule is CCP(=O)(CC)[C@H]1c2ccccc2CCN1c1ccccc1. The molecule has 1 aliphatic heterocycles. The van der Waals surface area contributed by atoms with Crippen molar-refractivity contribution in [3.05, 3.63) is 65.7 Å². The fourth-order valence-electron chi connectivity index (χ4n) is 3.51. The first-order valence-electron chi connectivity index (χ1n) is 8.17. The zero-order valence-electron chi connectivity index (χ0n) is 13.4. The Bertz CT molecular complexity index is 675. The fraction of sp³-hybridized carbons (Fsp3) is 0.368. The summed E-state index contributed by atoms with van der Waals surface area (Å²) < 4.78 is 13.6. The van der Waals surface area contributed by atoms with E-state index in [0.717, 1.165) is 25.3 Å². The van der Waals surface area contributed by atoms with E-state index in [9.17, 15) is 4.57 Å². The van der Waals surface area contributed by atoms with Crippen LogP contribution in [0.3, 0.4) is 0 Å². The van der Waals surface area contributed by atoms with Gasteiger partial charge in [0.15, 0.2) is 0 Å². The molecule has 1 heterocycles. The zero-order valence-corrected chi connectivity index (χ0v) is 14.3. The molecule has 0 radical (unpaired) electrons. The number of benzene rings is 2. The van der Waals surface area contributed by atoms with E-state index in [1.165, 1.54) is 16.8 Å². The predicted octanol–water partition coefficient (Wildman–Crippen LogP) is 5.15. The summed E-state index contributed by atoms with van der Waals surface area (Å²) in [5.74, 6) is 0.0230. The van der Waals surface area contributed by atoms with Gasteiger partial charge < -0.3 is 9.46 Å². The van der Waals surface area contributed by atoms with Gasteiger partial charge >= 0.3 is 0 Å². The summed E-state index contributed by atoms with van der Waals surface area (Å²) in [7, 11) is -2.28. The maximum absolute atomic E-state index is 13.6. The lowest BCUT2D eigenvalue weighted by Gasteiger charge is -2.42. The third-order valence-electron chi connectivity index (χ3n) is 4.85. The highest BCUT2D eigenvalue weighted by Gasteiger charge is 2.39. The van der Waals surface area contributed by atoms with E-state index in [2.05, 4.69) is 67.3 Å². The molecule has 0 saturated heterocycles. The molecule has 0 bridgehead atoms. The second-order valence-corrected chi connectivity index (χ2v) is 9.60. The second-order valence-electron chi connectivity index (χ2n) is 5.94. The van der Waals surface area contributed by atoms with Gasteiger partial charge in [-0.2, -0.15) is 0 Å². The van der Waals surface area contributed by atoms with Gasteiger partial charge in [-0.25, -0.2) is 0 Å². The van der Waals surface area contributed by atoms with Crippen LogP contribution < -0.4 is 4.90 Å². The lowest BCUT2D eigenvalue weighted by atomic mass is 9.99. The molecule has 1 aliphatic rings. The van der Waals surface area contributed by atoms with Crippen LogP contribution in [0.15, 0.2) is 54.6 Å². The predicted molar refractivity (Wildman–Crippen MR) is 95.4 cm³/mol. The van der Waals surface area contributed by atoms with E-state index in [1.807, 2.05) is 6.07 Å². The summed E-state index contributed by atoms with van der Waals surface area (Å²) in [6.45, 7) is 5.09. The first kappa shape index (κ1) is 15.4. The lowest BCUT2D eigenvalue weighted by Crippen LogP contribution is -2.36. The second kappa shape index (κ2) is 6.30. The summed E-state index contributed by atoms with van der Waals surface area (Å²) >= 11 is 0. The first-order chi connectivity index (χ1) is 10.7. The molecule has 0 fully saturated rings. The monoisotopic (exact) mass is 313 g/mol. The van der Waals surface area contributed by atoms with Crippen molar-refractivity contribution in [3.63, 3.8) is 0 Å². The molecule has 0 amide bonds. The quantitative estimate of drug-likeness (QED) is 0.727. The third-order valence-corrected chi connectivity index (χ3v) is 8.44. The van der Waals surface area contributed by atoms with Gasteiger partial charge in [-0.15, -0.1) is 0 Å². The van der Waals surface area contributed by atoms with Crippen LogP contribution in [-0.2, 0) is 11.0 Å². The van der Waals surface area contributed by atoms with Crippen LogP contribution in [-0.4, -0.2) is 18.9 Å². The molecule has 0 N–H and O–H groups in total. The van der Waals surface area contributed by atoms with Crippen molar-refractivity contribution in [3.8, 4) is 0 Å². The van der Waals surface area contributed by atoms with Crippen molar-refractivity contribution in [2.24, 2.45) is 0 Å². The first-order valence-corrected chi connectivity index (χ1v) is 10.3. The fourth-order valence-corrected chi connectivity index (χ4v) is 6.17. The van der Waals surface area contributed by atoms with Gasteiger partial charge in [0.05, 0.1) is 0 Å². The van der Waals surface area contributed by atoms with Crippen LogP contribution >= 0.6 is 7.14 Å². The number of hydrogen-bond acceptors (Lipinski definition) is 2. The number of nitrogens with zero attached hydrogens (tertiary/aromatic N) is 1. The molecule has 0 unspecified atom stereocenters. The molecule has 116 valence electrons. The minimum atomic E-state index is -2.28. The normalized spacial score (nSPS) is 18.1. The highest BCUT2D eigenvalue weighted by Crippen LogP contribution is 2.62. The Morgan fingerprint density at radius 1 is 1.00 bits per heavy atom. The number of anilines is 1. The van der Waals surface area contributed by atoms with E-state index in [0.29, 0.717) is 0 Å². The largest absolute Gasteiger partial charge is 0.357 e. The van der Waals surface area contributed by atoms with Crippen molar-refractivity contribution in [2.75, 3.05) is 23.8 Å². The van der Waals surface area contributed by atoms with Gasteiger partial charge in [-0.05, 0) is 29.7 Å². The maximum Gasteiger partial charge on any atom is 0.113 e. The van der Waals surface area contributed by atoms with Gasteiger partial charge in [0, 0.05) is 24.6 Å². The van der Waals surface area contributed by atoms with Crippen LogP contribution in [0.25, 0.3) is 0 Å². The van der Waals surface area contributed by atoms with Crippen LogP contribution in [0.4, 0.5) is 5.69 Å². The van der Waals surface area contributed by atoms with E-state index in [4.69, 9.17) is 0 Å². The molecule has 0 saturated carbocycles. The van der Waals surface area contributed by atoms with Crippen molar-refractivity contribution in [2.45, 2.75) is 26.1 Å². The summed E-state index contributed by atoms with van der Waals surface area (Å²) in [6.07, 6.45) is 2.53. The van der Waals surface area contributed by atoms with Crippen molar-refractivity contribution < 1.29 is 4.57 Å². The Kier molecular flexibility index (Phi) is 4.40. The Morgan fingerprint density at radius 3 is 2.32 bits per heavy atom. The topological polar surface area (TPSA) is 20.3 Å². The zero-order chi connectivity index (χ0) is 15.6. The van der Waals surface area contributed by atoms with Gasteiger partial charge in [-0.1, -0.05) is 56.3 Å². The summed E-state index contributed by atoms with van der Waals surface area (Å²) in [5.41, 5.74) is 3.82. The molecule has 3 rings (SSSR count). The molecule has 3 heteroatoms. The van der Waals surface area contributed by atoms with Crippen molar-refractivity contribution >= 4 is 12.8 Å². The summed E-state index contributed by atoms with van der Waals surface area (Å²) in [5, 5.41) is 0. The molecule has 0 aliphatic carbocycles. The van der Waals surface area contributed by atoms with Crippen LogP contribution in [0.1, 0.15) is 30.8 Å². The average Bonchev–Trinajstić information content (AvgIpc) is 2.61. The van der Waals surface area contributed by atoms with Gasteiger partial charge in [-0.3, -0.25) is 0 Å². The minimum Gasteiger partial charge on any atom is -0.357 e. The molecule has 22 heavy (non-hydrogen) atoms. The standard InChI is InChI=1S/C19H24NOP/c1-3-22(21,4-2)19-18-13-9-8-10-16(18)14-15-20(19)17-11-6-5-7-12-17/h5-13,19H,3-4,14-15H2,1-2H3/t19-/m0/s1. The van der Waals surface area contributed by atoms with Gasteiger partial charge in [0.25, 0.3) is 0 Å². The van der Waals surface area contributed by atoms with E-state index in [-0.39, 0.29) is 5.78 Å². The Balaban J connectivity index is 2.14. The van der Waals surface area contributed by atoms with Crippen LogP contribution in [0, 0.1) is 0 Å². The number of fused-ring (bicyclic) bond motifs is 1. The van der Waals surface area contributed by atoms with E-state index < -0.39 is 7.14 Å². The number of para-hydroxylation sites is 1. The molecular weight excluding hydrogens is 289 g/mol. The Morgan fingerprint density at radius 2 is 1.64 bits per heavy atom. The van der Waals surface area contributed by atoms with E-state index in [1.54, 1.807) is 0 Å². The minimum absolute atomic E-state index is 0.0230. The molecular formula is C19H24NOP. The van der Waals surface area contributed by atoms with Crippen LogP contribution in [0.2, 0.25) is 0 Å². The summed E-state index contributed by atoms with van der Waals surface area (Å²) in [4.78, 5) is 2.37. The molecule has 2 aromatic carbocycles. The third kappa shape index (κ3) is 2.61. The van der Waals surface area contributed by atoms with Crippen molar-refractivity contribution in [1.82, 2.24) is 0 Å². The van der Waals surface area contributed by atoms with Gasteiger partial charge in [0.2, 0.25) is 0 Å². The highest BCUT2D eigenvalue weighted by atomic mass is 31.2. The molecule has 1 atom stereocenters. The van der Waals surface area contributed by atoms with Crippen molar-refractivity contribution in [1.29, 1.82) is 0 Å². The lowest BCUT2D eigenvalue weighted by molar-refractivity contribution is 0.556. The number of rotatable bonds is 4. The Hall–Kier alpha value is -1.53. The maximum atomic E-state index is 13.6. The smallest absolute Gasteiger partial charge is 0.113 e. The molecule has 2 aromatic rings. The number of hydrogen-bond donors (Lipinski definition) is 0. The molecule has 2 nitrogen and oxygen atoms in total. The Labute approximate surface area is 133 Å². The molecule has 0 spiro atoms. The molecule has 0 aromatic heterocycles.